The SMILES string of the molecule is COc1nc(-c2ccc(F)c(-c3cccc(NC(=O)c4cn(C)c(=O)n(C)c4=O)c3C)c2Cl)cc2c1C(C)CC2. The lowest BCUT2D eigenvalue weighted by atomic mass is 9.95. The van der Waals surface area contributed by atoms with E-state index < -0.39 is 23.0 Å². The Morgan fingerprint density at radius 2 is 1.93 bits per heavy atom. The number of amides is 1. The maximum absolute atomic E-state index is 15.4. The number of fused-ring (bicyclic) bond motifs is 1. The quantitative estimate of drug-likeness (QED) is 0.360. The summed E-state index contributed by atoms with van der Waals surface area (Å²) in [5.74, 6) is -0.341. The molecule has 206 valence electrons. The summed E-state index contributed by atoms with van der Waals surface area (Å²) in [6.07, 6.45) is 3.09. The van der Waals surface area contributed by atoms with E-state index in [1.54, 1.807) is 38.3 Å². The normalized spacial score (nSPS) is 14.2. The molecule has 0 aliphatic heterocycles. The number of methoxy groups -OCH3 is 1. The molecule has 1 atom stereocenters. The number of benzene rings is 2. The van der Waals surface area contributed by atoms with Crippen LogP contribution in [0.3, 0.4) is 0 Å². The Balaban J connectivity index is 1.57. The Kier molecular flexibility index (Phi) is 7.10. The molecule has 0 saturated carbocycles. The van der Waals surface area contributed by atoms with E-state index in [0.29, 0.717) is 39.9 Å². The van der Waals surface area contributed by atoms with Gasteiger partial charge in [0.15, 0.2) is 0 Å². The molecular weight excluding hydrogens is 535 g/mol. The summed E-state index contributed by atoms with van der Waals surface area (Å²) in [5, 5.41) is 2.90. The van der Waals surface area contributed by atoms with Gasteiger partial charge in [-0.2, -0.15) is 0 Å². The predicted molar refractivity (Wildman–Crippen MR) is 153 cm³/mol. The summed E-state index contributed by atoms with van der Waals surface area (Å²) in [5.41, 5.74) is 3.46. The van der Waals surface area contributed by atoms with E-state index in [9.17, 15) is 14.4 Å². The van der Waals surface area contributed by atoms with E-state index in [1.165, 1.54) is 26.4 Å². The van der Waals surface area contributed by atoms with Crippen molar-refractivity contribution in [2.45, 2.75) is 32.6 Å². The minimum absolute atomic E-state index is 0.167. The number of aromatic nitrogens is 3. The molecule has 0 radical (unpaired) electrons. The van der Waals surface area contributed by atoms with E-state index in [-0.39, 0.29) is 16.1 Å². The summed E-state index contributed by atoms with van der Waals surface area (Å²) >= 11 is 6.87. The fraction of sp³-hybridized carbons (Fsp3) is 0.267. The topological polar surface area (TPSA) is 95.2 Å². The maximum Gasteiger partial charge on any atom is 0.330 e. The van der Waals surface area contributed by atoms with Gasteiger partial charge in [0.1, 0.15) is 11.4 Å². The number of hydrogen-bond donors (Lipinski definition) is 1. The van der Waals surface area contributed by atoms with Crippen LogP contribution >= 0.6 is 11.6 Å². The van der Waals surface area contributed by atoms with E-state index >= 15 is 4.39 Å². The lowest BCUT2D eigenvalue weighted by Gasteiger charge is -2.17. The number of halogens is 2. The summed E-state index contributed by atoms with van der Waals surface area (Å²) in [4.78, 5) is 42.3. The van der Waals surface area contributed by atoms with Crippen LogP contribution in [0.4, 0.5) is 10.1 Å². The van der Waals surface area contributed by atoms with Gasteiger partial charge in [0.05, 0.1) is 17.8 Å². The number of nitrogens with one attached hydrogen (secondary N) is 1. The average Bonchev–Trinajstić information content (AvgIpc) is 3.31. The van der Waals surface area contributed by atoms with Crippen molar-refractivity contribution in [3.8, 4) is 28.3 Å². The Labute approximate surface area is 235 Å². The van der Waals surface area contributed by atoms with Gasteiger partial charge in [-0.05, 0) is 66.6 Å². The molecule has 2 aromatic carbocycles. The Hall–Kier alpha value is -4.24. The van der Waals surface area contributed by atoms with Gasteiger partial charge >= 0.3 is 5.69 Å². The molecule has 5 rings (SSSR count). The number of aryl methyl sites for hydroxylation is 2. The number of pyridine rings is 1. The van der Waals surface area contributed by atoms with Crippen molar-refractivity contribution in [1.29, 1.82) is 0 Å². The zero-order chi connectivity index (χ0) is 28.9. The highest BCUT2D eigenvalue weighted by Crippen LogP contribution is 2.44. The highest BCUT2D eigenvalue weighted by Gasteiger charge is 2.27. The lowest BCUT2D eigenvalue weighted by Crippen LogP contribution is -2.40. The molecule has 1 N–H and O–H groups in total. The van der Waals surface area contributed by atoms with Crippen molar-refractivity contribution in [1.82, 2.24) is 14.1 Å². The van der Waals surface area contributed by atoms with Crippen LogP contribution in [0.2, 0.25) is 5.02 Å². The first-order valence-corrected chi connectivity index (χ1v) is 13.1. The maximum atomic E-state index is 15.4. The first kappa shape index (κ1) is 27.3. The zero-order valence-corrected chi connectivity index (χ0v) is 23.5. The molecule has 2 aromatic heterocycles. The van der Waals surface area contributed by atoms with Gasteiger partial charge in [0.25, 0.3) is 11.5 Å². The van der Waals surface area contributed by atoms with E-state index in [2.05, 4.69) is 12.2 Å². The van der Waals surface area contributed by atoms with Gasteiger partial charge in [-0.25, -0.2) is 14.2 Å². The fourth-order valence-corrected chi connectivity index (χ4v) is 5.67. The molecule has 1 unspecified atom stereocenters. The van der Waals surface area contributed by atoms with Crippen molar-refractivity contribution in [2.75, 3.05) is 12.4 Å². The molecule has 40 heavy (non-hydrogen) atoms. The molecule has 1 aliphatic rings. The third-order valence-electron chi connectivity index (χ3n) is 7.55. The number of rotatable bonds is 5. The van der Waals surface area contributed by atoms with Crippen LogP contribution in [0.25, 0.3) is 22.4 Å². The predicted octanol–water partition coefficient (Wildman–Crippen LogP) is 5.22. The van der Waals surface area contributed by atoms with Crippen molar-refractivity contribution < 1.29 is 13.9 Å². The highest BCUT2D eigenvalue weighted by molar-refractivity contribution is 6.36. The van der Waals surface area contributed by atoms with Crippen molar-refractivity contribution in [3.63, 3.8) is 0 Å². The second-order valence-corrected chi connectivity index (χ2v) is 10.4. The van der Waals surface area contributed by atoms with Crippen LogP contribution in [0.5, 0.6) is 5.88 Å². The smallest absolute Gasteiger partial charge is 0.330 e. The van der Waals surface area contributed by atoms with Crippen LogP contribution in [0.15, 0.2) is 52.2 Å². The largest absolute Gasteiger partial charge is 0.481 e. The third-order valence-corrected chi connectivity index (χ3v) is 7.94. The molecule has 10 heteroatoms. The minimum atomic E-state index is -0.720. The number of ether oxygens (including phenoxy) is 1. The summed E-state index contributed by atoms with van der Waals surface area (Å²) < 4.78 is 23.0. The molecule has 4 aromatic rings. The van der Waals surface area contributed by atoms with Crippen molar-refractivity contribution in [3.05, 3.63) is 96.5 Å². The Morgan fingerprint density at radius 3 is 2.65 bits per heavy atom. The van der Waals surface area contributed by atoms with E-state index in [0.717, 1.165) is 33.1 Å². The van der Waals surface area contributed by atoms with E-state index in [1.807, 2.05) is 6.07 Å². The van der Waals surface area contributed by atoms with E-state index in [4.69, 9.17) is 21.3 Å². The summed E-state index contributed by atoms with van der Waals surface area (Å²) in [7, 11) is 4.34. The second kappa shape index (κ2) is 10.4. The van der Waals surface area contributed by atoms with Gasteiger partial charge in [0, 0.05) is 42.7 Å². The number of anilines is 1. The lowest BCUT2D eigenvalue weighted by molar-refractivity contribution is 0.102. The van der Waals surface area contributed by atoms with Crippen LogP contribution in [-0.2, 0) is 20.5 Å². The number of hydrogen-bond acceptors (Lipinski definition) is 5. The fourth-order valence-electron chi connectivity index (χ4n) is 5.32. The van der Waals surface area contributed by atoms with Crippen molar-refractivity contribution >= 4 is 23.2 Å². The molecule has 1 amide bonds. The van der Waals surface area contributed by atoms with Gasteiger partial charge < -0.3 is 14.6 Å². The zero-order valence-electron chi connectivity index (χ0n) is 22.8. The molecule has 0 fully saturated rings. The van der Waals surface area contributed by atoms with Gasteiger partial charge in [-0.1, -0.05) is 30.7 Å². The van der Waals surface area contributed by atoms with Gasteiger partial charge in [0.2, 0.25) is 5.88 Å². The molecule has 2 heterocycles. The highest BCUT2D eigenvalue weighted by atomic mass is 35.5. The standard InChI is InChI=1S/C30H28ClFN4O4/c1-15-9-10-17-13-23(34-28(40-5)24(15)17)19-11-12-21(32)25(26(19)31)18-7-6-8-22(16(18)2)33-27(37)20-14-35(3)30(39)36(4)29(20)38/h6-8,11-15H,9-10H2,1-5H3,(H,33,37). The first-order valence-electron chi connectivity index (χ1n) is 12.8. The van der Waals surface area contributed by atoms with Gasteiger partial charge in [-0.3, -0.25) is 14.2 Å². The Bertz CT molecular complexity index is 1810. The summed E-state index contributed by atoms with van der Waals surface area (Å²) in [6.45, 7) is 3.87. The number of carbonyl (C=O) groups is 1. The van der Waals surface area contributed by atoms with Gasteiger partial charge in [-0.15, -0.1) is 0 Å². The second-order valence-electron chi connectivity index (χ2n) is 10.0. The summed E-state index contributed by atoms with van der Waals surface area (Å²) in [6, 6.07) is 9.96. The molecule has 8 nitrogen and oxygen atoms in total. The number of nitrogens with zero attached hydrogens (tertiary/aromatic N) is 3. The van der Waals surface area contributed by atoms with Crippen molar-refractivity contribution in [2.24, 2.45) is 14.1 Å². The molecule has 1 aliphatic carbocycles. The minimum Gasteiger partial charge on any atom is -0.481 e. The van der Waals surface area contributed by atoms with Crippen LogP contribution in [0, 0.1) is 12.7 Å². The monoisotopic (exact) mass is 562 g/mol. The molecule has 0 bridgehead atoms. The first-order chi connectivity index (χ1) is 19.0. The molecular formula is C30H28ClFN4O4. The Morgan fingerprint density at radius 1 is 1.18 bits per heavy atom. The molecule has 0 saturated heterocycles. The average molecular weight is 563 g/mol. The number of carbonyl (C=O) groups excluding carboxylic acids is 1. The van der Waals surface area contributed by atoms with Crippen LogP contribution in [-0.4, -0.2) is 27.1 Å². The van der Waals surface area contributed by atoms with Crippen LogP contribution in [0.1, 0.15) is 46.3 Å². The third kappa shape index (κ3) is 4.50. The molecule has 0 spiro atoms. The van der Waals surface area contributed by atoms with Crippen LogP contribution < -0.4 is 21.3 Å².